The van der Waals surface area contributed by atoms with Crippen molar-refractivity contribution in [3.63, 3.8) is 0 Å². The van der Waals surface area contributed by atoms with Crippen molar-refractivity contribution in [2.45, 2.75) is 30.7 Å². The minimum Gasteiger partial charge on any atom is -0.481 e. The molecular weight excluding hydrogens is 240 g/mol. The van der Waals surface area contributed by atoms with Gasteiger partial charge in [0.25, 0.3) is 0 Å². The summed E-state index contributed by atoms with van der Waals surface area (Å²) in [5.41, 5.74) is 0. The number of rotatable bonds is 4. The first-order valence-electron chi connectivity index (χ1n) is 4.60. The van der Waals surface area contributed by atoms with Gasteiger partial charge >= 0.3 is 5.97 Å². The van der Waals surface area contributed by atoms with Crippen molar-refractivity contribution in [1.82, 2.24) is 0 Å². The molecule has 0 aromatic rings. The predicted octanol–water partition coefficient (Wildman–Crippen LogP) is -2.40. The minimum absolute atomic E-state index is 0.105. The molecule has 1 aliphatic heterocycles. The summed E-state index contributed by atoms with van der Waals surface area (Å²) in [5.74, 6) is -1.06. The van der Waals surface area contributed by atoms with Crippen LogP contribution in [-0.4, -0.2) is 73.7 Å². The Kier molecular flexibility index (Phi) is 4.96. The lowest BCUT2D eigenvalue weighted by Crippen LogP contribution is -2.58. The maximum atomic E-state index is 10.2. The molecule has 0 aliphatic carbocycles. The van der Waals surface area contributed by atoms with Crippen LogP contribution < -0.4 is 0 Å². The van der Waals surface area contributed by atoms with Crippen molar-refractivity contribution >= 4 is 17.7 Å². The van der Waals surface area contributed by atoms with Crippen molar-refractivity contribution in [1.29, 1.82) is 0 Å². The molecule has 1 aliphatic rings. The van der Waals surface area contributed by atoms with Crippen LogP contribution in [0.4, 0.5) is 0 Å². The normalized spacial score (nSPS) is 39.6. The van der Waals surface area contributed by atoms with E-state index in [0.717, 1.165) is 11.8 Å². The van der Waals surface area contributed by atoms with Gasteiger partial charge in [0.1, 0.15) is 18.3 Å². The molecule has 0 unspecified atom stereocenters. The third kappa shape index (κ3) is 3.30. The highest BCUT2D eigenvalue weighted by atomic mass is 32.2. The molecule has 0 aromatic carbocycles. The molecule has 0 saturated carbocycles. The summed E-state index contributed by atoms with van der Waals surface area (Å²) < 4.78 is 4.84. The van der Waals surface area contributed by atoms with Gasteiger partial charge in [0.15, 0.2) is 6.29 Å². The zero-order valence-corrected chi connectivity index (χ0v) is 9.08. The van der Waals surface area contributed by atoms with E-state index in [9.17, 15) is 20.1 Å². The quantitative estimate of drug-likeness (QED) is 0.376. The van der Waals surface area contributed by atoms with Crippen LogP contribution in [0.25, 0.3) is 0 Å². The summed E-state index contributed by atoms with van der Waals surface area (Å²) in [7, 11) is 0. The zero-order valence-electron chi connectivity index (χ0n) is 8.26. The monoisotopic (exact) mass is 254 g/mol. The minimum atomic E-state index is -1.58. The first kappa shape index (κ1) is 13.7. The Bertz CT molecular complexity index is 249. The second-order valence-electron chi connectivity index (χ2n) is 3.45. The lowest BCUT2D eigenvalue weighted by Gasteiger charge is -2.38. The Morgan fingerprint density at radius 2 is 1.75 bits per heavy atom. The maximum Gasteiger partial charge on any atom is 0.313 e. The summed E-state index contributed by atoms with van der Waals surface area (Å²) in [4.78, 5) is 10.2. The maximum absolute atomic E-state index is 10.2. The van der Waals surface area contributed by atoms with E-state index in [1.807, 2.05) is 0 Å². The van der Waals surface area contributed by atoms with Gasteiger partial charge < -0.3 is 30.3 Å². The van der Waals surface area contributed by atoms with E-state index >= 15 is 0 Å². The summed E-state index contributed by atoms with van der Waals surface area (Å²) >= 11 is 0.989. The van der Waals surface area contributed by atoms with Crippen LogP contribution >= 0.6 is 11.8 Å². The number of aliphatic carboxylic acids is 1. The fourth-order valence-corrected chi connectivity index (χ4v) is 2.13. The van der Waals surface area contributed by atoms with E-state index in [1.165, 1.54) is 0 Å². The lowest BCUT2D eigenvalue weighted by atomic mass is 10.0. The molecule has 94 valence electrons. The molecule has 7 nitrogen and oxygen atoms in total. The summed E-state index contributed by atoms with van der Waals surface area (Å²) in [6.07, 6.45) is -6.89. The van der Waals surface area contributed by atoms with Gasteiger partial charge in [0.2, 0.25) is 0 Å². The number of aliphatic hydroxyl groups is 4. The summed E-state index contributed by atoms with van der Waals surface area (Å²) in [6, 6.07) is 0. The zero-order chi connectivity index (χ0) is 12.3. The van der Waals surface area contributed by atoms with Gasteiger partial charge in [-0.1, -0.05) is 0 Å². The van der Waals surface area contributed by atoms with E-state index in [-0.39, 0.29) is 11.5 Å². The number of carboxylic acid groups (broad SMARTS) is 1. The molecule has 0 aromatic heterocycles. The van der Waals surface area contributed by atoms with Gasteiger partial charge in [-0.25, -0.2) is 0 Å². The Balaban J connectivity index is 2.44. The van der Waals surface area contributed by atoms with Crippen molar-refractivity contribution in [3.05, 3.63) is 0 Å². The Labute approximate surface area is 95.7 Å². The number of hydrogen-bond acceptors (Lipinski definition) is 7. The topological polar surface area (TPSA) is 127 Å². The van der Waals surface area contributed by atoms with Crippen LogP contribution in [0.15, 0.2) is 0 Å². The number of aliphatic hydroxyl groups excluding tert-OH is 4. The van der Waals surface area contributed by atoms with Crippen LogP contribution in [0.3, 0.4) is 0 Å². The SMILES string of the molecule is O=C(O)CSC[C@H]1O[C@H](O)[C@@H](O)[C@@H](O)[C@@H]1O. The lowest BCUT2D eigenvalue weighted by molar-refractivity contribution is -0.276. The standard InChI is InChI=1S/C8H14O7S/c9-4(10)2-16-1-3-5(11)6(12)7(13)8(14)15-3/h3,5-8,11-14H,1-2H2,(H,9,10)/t3-,5-,6+,7+,8+/m1/s1. The second-order valence-corrected chi connectivity index (χ2v) is 4.48. The van der Waals surface area contributed by atoms with Crippen molar-refractivity contribution in [3.8, 4) is 0 Å². The van der Waals surface area contributed by atoms with Crippen molar-refractivity contribution in [2.75, 3.05) is 11.5 Å². The average Bonchev–Trinajstić information content (AvgIpc) is 2.22. The Morgan fingerprint density at radius 1 is 1.12 bits per heavy atom. The molecule has 0 radical (unpaired) electrons. The molecule has 5 N–H and O–H groups in total. The molecular formula is C8H14O7S. The number of thioether (sulfide) groups is 1. The molecule has 16 heavy (non-hydrogen) atoms. The molecule has 0 amide bonds. The first-order valence-corrected chi connectivity index (χ1v) is 5.76. The van der Waals surface area contributed by atoms with E-state index < -0.39 is 36.7 Å². The molecule has 0 bridgehead atoms. The fourth-order valence-electron chi connectivity index (χ4n) is 1.33. The van der Waals surface area contributed by atoms with Gasteiger partial charge in [-0.3, -0.25) is 4.79 Å². The van der Waals surface area contributed by atoms with Crippen LogP contribution in [0, 0.1) is 0 Å². The highest BCUT2D eigenvalue weighted by molar-refractivity contribution is 7.99. The van der Waals surface area contributed by atoms with Gasteiger partial charge in [0, 0.05) is 5.75 Å². The van der Waals surface area contributed by atoms with Crippen LogP contribution in [0.2, 0.25) is 0 Å². The molecule has 1 saturated heterocycles. The van der Waals surface area contributed by atoms with Gasteiger partial charge in [-0.2, -0.15) is 0 Å². The van der Waals surface area contributed by atoms with Gasteiger partial charge in [-0.15, -0.1) is 11.8 Å². The molecule has 1 fully saturated rings. The first-order chi connectivity index (χ1) is 7.43. The second kappa shape index (κ2) is 5.80. The highest BCUT2D eigenvalue weighted by Crippen LogP contribution is 2.22. The molecule has 1 rings (SSSR count). The Morgan fingerprint density at radius 3 is 2.31 bits per heavy atom. The third-order valence-electron chi connectivity index (χ3n) is 2.19. The van der Waals surface area contributed by atoms with E-state index in [4.69, 9.17) is 14.9 Å². The van der Waals surface area contributed by atoms with Crippen molar-refractivity contribution < 1.29 is 35.1 Å². The van der Waals surface area contributed by atoms with Gasteiger partial charge in [-0.05, 0) is 0 Å². The molecule has 8 heteroatoms. The van der Waals surface area contributed by atoms with E-state index in [2.05, 4.69) is 0 Å². The number of ether oxygens (including phenoxy) is 1. The largest absolute Gasteiger partial charge is 0.481 e. The van der Waals surface area contributed by atoms with E-state index in [1.54, 1.807) is 0 Å². The van der Waals surface area contributed by atoms with Crippen molar-refractivity contribution in [2.24, 2.45) is 0 Å². The third-order valence-corrected chi connectivity index (χ3v) is 3.21. The highest BCUT2D eigenvalue weighted by Gasteiger charge is 2.42. The Hall–Kier alpha value is -0.380. The van der Waals surface area contributed by atoms with Crippen LogP contribution in [0.1, 0.15) is 0 Å². The molecule has 1 heterocycles. The average molecular weight is 254 g/mol. The predicted molar refractivity (Wildman–Crippen MR) is 53.9 cm³/mol. The van der Waals surface area contributed by atoms with Crippen LogP contribution in [-0.2, 0) is 9.53 Å². The molecule has 0 spiro atoms. The summed E-state index contributed by atoms with van der Waals surface area (Å²) in [6.45, 7) is 0. The number of carboxylic acids is 1. The number of carbonyl (C=O) groups is 1. The fraction of sp³-hybridized carbons (Fsp3) is 0.875. The molecule has 5 atom stereocenters. The summed E-state index contributed by atoms with van der Waals surface area (Å²) in [5, 5.41) is 45.5. The smallest absolute Gasteiger partial charge is 0.313 e. The van der Waals surface area contributed by atoms with Gasteiger partial charge in [0.05, 0.1) is 11.9 Å². The van der Waals surface area contributed by atoms with E-state index in [0.29, 0.717) is 0 Å². The number of hydrogen-bond donors (Lipinski definition) is 5. The van der Waals surface area contributed by atoms with Crippen LogP contribution in [0.5, 0.6) is 0 Å².